The standard InChI is InChI=1S/C27H29N5O4/c1-15(2)11-22(32-27(35)23-13-19-21(30-23)9-6-10-24(19)36-3)26(34)29-16(14-28)12-18-17-7-4-5-8-20(17)31-25(18)33/h4-10,13,15-16,18,22,30H,11-12H2,1-3H3,(H,29,34)(H,31,33)(H,32,35)/t16-,18?,22-/m0/s1. The van der Waals surface area contributed by atoms with E-state index >= 15 is 0 Å². The second-order valence-electron chi connectivity index (χ2n) is 9.32. The number of hydrogen-bond donors (Lipinski definition) is 4. The normalized spacial score (nSPS) is 16.1. The molecule has 0 saturated heterocycles. The first-order valence-electron chi connectivity index (χ1n) is 11.9. The molecule has 36 heavy (non-hydrogen) atoms. The number of nitriles is 1. The molecule has 0 saturated carbocycles. The number of para-hydroxylation sites is 1. The predicted octanol–water partition coefficient (Wildman–Crippen LogP) is 3.46. The summed E-state index contributed by atoms with van der Waals surface area (Å²) in [6.45, 7) is 3.89. The van der Waals surface area contributed by atoms with Crippen LogP contribution in [0.25, 0.3) is 10.9 Å². The predicted molar refractivity (Wildman–Crippen MR) is 136 cm³/mol. The van der Waals surface area contributed by atoms with Crippen LogP contribution in [0.3, 0.4) is 0 Å². The summed E-state index contributed by atoms with van der Waals surface area (Å²) in [5, 5.41) is 18.8. The molecule has 0 fully saturated rings. The first-order valence-corrected chi connectivity index (χ1v) is 11.9. The molecule has 3 amide bonds. The number of nitrogens with one attached hydrogen (secondary N) is 4. The maximum atomic E-state index is 13.2. The smallest absolute Gasteiger partial charge is 0.268 e. The number of ether oxygens (including phenoxy) is 1. The maximum Gasteiger partial charge on any atom is 0.268 e. The molecule has 0 aliphatic carbocycles. The van der Waals surface area contributed by atoms with Crippen LogP contribution in [0.1, 0.15) is 48.7 Å². The van der Waals surface area contributed by atoms with Crippen LogP contribution in [0.5, 0.6) is 5.75 Å². The number of aromatic nitrogens is 1. The van der Waals surface area contributed by atoms with Crippen molar-refractivity contribution in [3.63, 3.8) is 0 Å². The van der Waals surface area contributed by atoms with Crippen LogP contribution < -0.4 is 20.7 Å². The van der Waals surface area contributed by atoms with Gasteiger partial charge in [-0.2, -0.15) is 5.26 Å². The Labute approximate surface area is 209 Å². The highest BCUT2D eigenvalue weighted by Crippen LogP contribution is 2.35. The molecule has 1 aromatic heterocycles. The Balaban J connectivity index is 1.47. The number of anilines is 1. The Hall–Kier alpha value is -4.32. The third-order valence-electron chi connectivity index (χ3n) is 6.27. The lowest BCUT2D eigenvalue weighted by Crippen LogP contribution is -2.50. The molecular weight excluding hydrogens is 458 g/mol. The van der Waals surface area contributed by atoms with Crippen molar-refractivity contribution in [2.24, 2.45) is 5.92 Å². The molecule has 1 aliphatic heterocycles. The van der Waals surface area contributed by atoms with Crippen LogP contribution in [0, 0.1) is 17.2 Å². The lowest BCUT2D eigenvalue weighted by atomic mass is 9.93. The van der Waals surface area contributed by atoms with Gasteiger partial charge in [-0.15, -0.1) is 0 Å². The number of carbonyl (C=O) groups excluding carboxylic acids is 3. The van der Waals surface area contributed by atoms with Crippen LogP contribution in [0.4, 0.5) is 5.69 Å². The number of benzene rings is 2. The summed E-state index contributed by atoms with van der Waals surface area (Å²) >= 11 is 0. The van der Waals surface area contributed by atoms with E-state index in [-0.39, 0.29) is 18.2 Å². The second-order valence-corrected chi connectivity index (χ2v) is 9.32. The minimum atomic E-state index is -0.900. The molecule has 3 aromatic rings. The molecule has 2 aromatic carbocycles. The van der Waals surface area contributed by atoms with Crippen molar-refractivity contribution < 1.29 is 19.1 Å². The topological polar surface area (TPSA) is 136 Å². The lowest BCUT2D eigenvalue weighted by Gasteiger charge is -2.22. The van der Waals surface area contributed by atoms with Crippen LogP contribution >= 0.6 is 0 Å². The molecule has 2 heterocycles. The summed E-state index contributed by atoms with van der Waals surface area (Å²) in [5.74, 6) is -0.904. The van der Waals surface area contributed by atoms with Crippen molar-refractivity contribution in [1.29, 1.82) is 5.26 Å². The van der Waals surface area contributed by atoms with E-state index in [9.17, 15) is 19.6 Å². The molecule has 1 unspecified atom stereocenters. The van der Waals surface area contributed by atoms with Gasteiger partial charge in [-0.3, -0.25) is 14.4 Å². The molecule has 4 rings (SSSR count). The van der Waals surface area contributed by atoms with E-state index in [4.69, 9.17) is 4.74 Å². The average Bonchev–Trinajstić information content (AvgIpc) is 3.43. The Kier molecular flexibility index (Phi) is 7.25. The zero-order valence-corrected chi connectivity index (χ0v) is 20.4. The van der Waals surface area contributed by atoms with Crippen molar-refractivity contribution in [2.45, 2.75) is 44.7 Å². The van der Waals surface area contributed by atoms with Gasteiger partial charge < -0.3 is 25.7 Å². The number of aromatic amines is 1. The van der Waals surface area contributed by atoms with Crippen LogP contribution in [0.15, 0.2) is 48.5 Å². The van der Waals surface area contributed by atoms with Gasteiger partial charge in [0.25, 0.3) is 5.91 Å². The summed E-state index contributed by atoms with van der Waals surface area (Å²) < 4.78 is 5.36. The Morgan fingerprint density at radius 2 is 1.92 bits per heavy atom. The number of amides is 3. The zero-order valence-electron chi connectivity index (χ0n) is 20.4. The molecule has 4 N–H and O–H groups in total. The number of nitrogens with zero attached hydrogens (tertiary/aromatic N) is 1. The summed E-state index contributed by atoms with van der Waals surface area (Å²) in [6, 6.07) is 14.8. The molecule has 0 radical (unpaired) electrons. The zero-order chi connectivity index (χ0) is 25.8. The van der Waals surface area contributed by atoms with Crippen molar-refractivity contribution >= 4 is 34.3 Å². The highest BCUT2D eigenvalue weighted by molar-refractivity contribution is 6.03. The molecule has 0 spiro atoms. The van der Waals surface area contributed by atoms with E-state index in [2.05, 4.69) is 27.0 Å². The molecule has 3 atom stereocenters. The number of fused-ring (bicyclic) bond motifs is 2. The molecule has 9 heteroatoms. The number of methoxy groups -OCH3 is 1. The number of hydrogen-bond acceptors (Lipinski definition) is 5. The fourth-order valence-corrected chi connectivity index (χ4v) is 4.53. The minimum absolute atomic E-state index is 0.108. The van der Waals surface area contributed by atoms with Gasteiger partial charge in [0.15, 0.2) is 0 Å². The first-order chi connectivity index (χ1) is 17.3. The van der Waals surface area contributed by atoms with E-state index in [1.54, 1.807) is 25.3 Å². The second kappa shape index (κ2) is 10.5. The monoisotopic (exact) mass is 487 g/mol. The average molecular weight is 488 g/mol. The van der Waals surface area contributed by atoms with Crippen molar-refractivity contribution in [1.82, 2.24) is 15.6 Å². The maximum absolute atomic E-state index is 13.2. The minimum Gasteiger partial charge on any atom is -0.496 e. The van der Waals surface area contributed by atoms with Crippen LogP contribution in [-0.2, 0) is 9.59 Å². The third kappa shape index (κ3) is 5.18. The first kappa shape index (κ1) is 24.8. The number of carbonyl (C=O) groups is 3. The van der Waals surface area contributed by atoms with Crippen molar-refractivity contribution in [2.75, 3.05) is 12.4 Å². The Morgan fingerprint density at radius 3 is 2.64 bits per heavy atom. The van der Waals surface area contributed by atoms with Gasteiger partial charge >= 0.3 is 0 Å². The van der Waals surface area contributed by atoms with Gasteiger partial charge in [0.05, 0.1) is 19.1 Å². The van der Waals surface area contributed by atoms with E-state index in [0.717, 1.165) is 22.2 Å². The van der Waals surface area contributed by atoms with E-state index in [1.807, 2.05) is 44.2 Å². The van der Waals surface area contributed by atoms with Gasteiger partial charge in [0.1, 0.15) is 23.5 Å². The van der Waals surface area contributed by atoms with Crippen LogP contribution in [0.2, 0.25) is 0 Å². The highest BCUT2D eigenvalue weighted by Gasteiger charge is 2.34. The van der Waals surface area contributed by atoms with Gasteiger partial charge in [0.2, 0.25) is 11.8 Å². The van der Waals surface area contributed by atoms with Crippen molar-refractivity contribution in [3.05, 3.63) is 59.8 Å². The number of H-pyrrole nitrogens is 1. The fraction of sp³-hybridized carbons (Fsp3) is 0.333. The van der Waals surface area contributed by atoms with Gasteiger partial charge in [-0.05, 0) is 48.6 Å². The van der Waals surface area contributed by atoms with Gasteiger partial charge in [0, 0.05) is 16.6 Å². The molecule has 0 bridgehead atoms. The molecule has 9 nitrogen and oxygen atoms in total. The SMILES string of the molecule is COc1cccc2[nH]c(C(=O)N[C@@H](CC(C)C)C(=O)N[C@H](C#N)CC3C(=O)Nc4ccccc43)cc12. The van der Waals surface area contributed by atoms with Crippen LogP contribution in [-0.4, -0.2) is 41.9 Å². The third-order valence-corrected chi connectivity index (χ3v) is 6.27. The molecule has 1 aliphatic rings. The Morgan fingerprint density at radius 1 is 1.14 bits per heavy atom. The van der Waals surface area contributed by atoms with E-state index in [0.29, 0.717) is 17.9 Å². The fourth-order valence-electron chi connectivity index (χ4n) is 4.53. The Bertz CT molecular complexity index is 1340. The van der Waals surface area contributed by atoms with E-state index < -0.39 is 29.8 Å². The van der Waals surface area contributed by atoms with Gasteiger partial charge in [-0.25, -0.2) is 0 Å². The largest absolute Gasteiger partial charge is 0.496 e. The highest BCUT2D eigenvalue weighted by atomic mass is 16.5. The van der Waals surface area contributed by atoms with Crippen molar-refractivity contribution in [3.8, 4) is 11.8 Å². The summed E-state index contributed by atoms with van der Waals surface area (Å²) in [5.41, 5.74) is 2.56. The quantitative estimate of drug-likeness (QED) is 0.366. The summed E-state index contributed by atoms with van der Waals surface area (Å²) in [4.78, 5) is 41.8. The molecular formula is C27H29N5O4. The molecule has 186 valence electrons. The summed E-state index contributed by atoms with van der Waals surface area (Å²) in [6.07, 6.45) is 0.515. The van der Waals surface area contributed by atoms with Gasteiger partial charge in [-0.1, -0.05) is 38.1 Å². The number of rotatable bonds is 9. The lowest BCUT2D eigenvalue weighted by molar-refractivity contribution is -0.124. The summed E-state index contributed by atoms with van der Waals surface area (Å²) in [7, 11) is 1.56. The van der Waals surface area contributed by atoms with E-state index in [1.165, 1.54) is 0 Å².